The molecule has 1 unspecified atom stereocenters. The number of carbonyl (C=O) groups is 1. The van der Waals surface area contributed by atoms with Gasteiger partial charge < -0.3 is 10.3 Å². The first kappa shape index (κ1) is 15.1. The van der Waals surface area contributed by atoms with Crippen molar-refractivity contribution in [3.63, 3.8) is 0 Å². The first-order valence-electron chi connectivity index (χ1n) is 6.31. The van der Waals surface area contributed by atoms with E-state index in [1.807, 2.05) is 6.07 Å². The Balaban J connectivity index is 2.04. The van der Waals surface area contributed by atoms with Gasteiger partial charge in [0, 0.05) is 17.8 Å². The van der Waals surface area contributed by atoms with Gasteiger partial charge in [0.05, 0.1) is 11.5 Å². The molecule has 6 nitrogen and oxygen atoms in total. The lowest BCUT2D eigenvalue weighted by Gasteiger charge is -2.12. The van der Waals surface area contributed by atoms with Crippen LogP contribution in [0.4, 0.5) is 0 Å². The van der Waals surface area contributed by atoms with Gasteiger partial charge in [0.2, 0.25) is 5.91 Å². The molecule has 110 valence electrons. The van der Waals surface area contributed by atoms with Gasteiger partial charge in [-0.15, -0.1) is 0 Å². The van der Waals surface area contributed by atoms with E-state index in [1.165, 1.54) is 6.20 Å². The van der Waals surface area contributed by atoms with Crippen LogP contribution in [-0.4, -0.2) is 15.9 Å². The van der Waals surface area contributed by atoms with Gasteiger partial charge in [-0.25, -0.2) is 4.79 Å². The molecule has 0 bridgehead atoms. The van der Waals surface area contributed by atoms with E-state index >= 15 is 0 Å². The highest BCUT2D eigenvalue weighted by molar-refractivity contribution is 6.30. The van der Waals surface area contributed by atoms with Crippen LogP contribution < -0.4 is 16.6 Å². The van der Waals surface area contributed by atoms with Gasteiger partial charge in [-0.1, -0.05) is 23.7 Å². The van der Waals surface area contributed by atoms with Gasteiger partial charge in [-0.05, 0) is 24.6 Å². The molecule has 0 fully saturated rings. The van der Waals surface area contributed by atoms with E-state index in [0.29, 0.717) is 5.02 Å². The molecule has 2 rings (SSSR count). The standard InChI is InChI=1S/C14H14ClN3O3/c1-8(9-3-2-4-11(15)5-9)12(19)16-6-10-7-17-14(21)18-13(10)20/h2-5,7-8H,6H2,1H3,(H,16,19)(H2,17,18,20,21). The number of benzene rings is 1. The summed E-state index contributed by atoms with van der Waals surface area (Å²) in [5.41, 5.74) is -0.0338. The number of amides is 1. The lowest BCUT2D eigenvalue weighted by atomic mass is 10.0. The SMILES string of the molecule is CC(C(=O)NCc1c[nH]c(=O)[nH]c1=O)c1cccc(Cl)c1. The van der Waals surface area contributed by atoms with Crippen LogP contribution in [0.3, 0.4) is 0 Å². The highest BCUT2D eigenvalue weighted by Gasteiger charge is 2.15. The van der Waals surface area contributed by atoms with Crippen molar-refractivity contribution in [3.05, 3.63) is 67.4 Å². The maximum absolute atomic E-state index is 12.1. The van der Waals surface area contributed by atoms with Crippen LogP contribution in [-0.2, 0) is 11.3 Å². The van der Waals surface area contributed by atoms with Crippen LogP contribution in [0.25, 0.3) is 0 Å². The molecule has 7 heteroatoms. The molecule has 21 heavy (non-hydrogen) atoms. The van der Waals surface area contributed by atoms with Crippen molar-refractivity contribution in [1.29, 1.82) is 0 Å². The summed E-state index contributed by atoms with van der Waals surface area (Å²) in [4.78, 5) is 38.9. The van der Waals surface area contributed by atoms with Gasteiger partial charge in [0.15, 0.2) is 0 Å². The Bertz CT molecular complexity index is 766. The number of aromatic amines is 2. The summed E-state index contributed by atoms with van der Waals surface area (Å²) in [6.07, 6.45) is 1.28. The average molecular weight is 308 g/mol. The quantitative estimate of drug-likeness (QED) is 0.790. The largest absolute Gasteiger partial charge is 0.351 e. The third kappa shape index (κ3) is 3.82. The maximum atomic E-state index is 12.1. The summed E-state index contributed by atoms with van der Waals surface area (Å²) < 4.78 is 0. The fourth-order valence-electron chi connectivity index (χ4n) is 1.83. The second-order valence-corrected chi connectivity index (χ2v) is 5.03. The van der Waals surface area contributed by atoms with Crippen molar-refractivity contribution < 1.29 is 4.79 Å². The average Bonchev–Trinajstić information content (AvgIpc) is 2.45. The number of H-pyrrole nitrogens is 2. The van der Waals surface area contributed by atoms with Crippen molar-refractivity contribution >= 4 is 17.5 Å². The lowest BCUT2D eigenvalue weighted by molar-refractivity contribution is -0.122. The molecule has 1 heterocycles. The van der Waals surface area contributed by atoms with Crippen molar-refractivity contribution in [1.82, 2.24) is 15.3 Å². The molecule has 3 N–H and O–H groups in total. The number of aromatic nitrogens is 2. The molecular weight excluding hydrogens is 294 g/mol. The Kier molecular flexibility index (Phi) is 4.59. The summed E-state index contributed by atoms with van der Waals surface area (Å²) in [6, 6.07) is 7.03. The van der Waals surface area contributed by atoms with Crippen molar-refractivity contribution in [2.45, 2.75) is 19.4 Å². The maximum Gasteiger partial charge on any atom is 0.325 e. The second-order valence-electron chi connectivity index (χ2n) is 4.59. The Morgan fingerprint density at radius 2 is 2.14 bits per heavy atom. The molecule has 1 aromatic carbocycles. The normalized spacial score (nSPS) is 11.9. The highest BCUT2D eigenvalue weighted by Crippen LogP contribution is 2.19. The number of hydrogen-bond donors (Lipinski definition) is 3. The van der Waals surface area contributed by atoms with Gasteiger partial charge in [0.1, 0.15) is 0 Å². The third-order valence-corrected chi connectivity index (χ3v) is 3.33. The minimum atomic E-state index is -0.581. The molecule has 0 aliphatic rings. The minimum absolute atomic E-state index is 0.0376. The summed E-state index contributed by atoms with van der Waals surface area (Å²) in [6.45, 7) is 1.79. The van der Waals surface area contributed by atoms with E-state index in [4.69, 9.17) is 11.6 Å². The van der Waals surface area contributed by atoms with Crippen molar-refractivity contribution in [3.8, 4) is 0 Å². The van der Waals surface area contributed by atoms with E-state index in [-0.39, 0.29) is 18.0 Å². The van der Waals surface area contributed by atoms with Gasteiger partial charge in [0.25, 0.3) is 5.56 Å². The van der Waals surface area contributed by atoms with Crippen LogP contribution >= 0.6 is 11.6 Å². The predicted octanol–water partition coefficient (Wildman–Crippen LogP) is 1.14. The fourth-order valence-corrected chi connectivity index (χ4v) is 2.03. The van der Waals surface area contributed by atoms with Gasteiger partial charge in [-0.3, -0.25) is 14.6 Å². The zero-order chi connectivity index (χ0) is 15.4. The highest BCUT2D eigenvalue weighted by atomic mass is 35.5. The second kappa shape index (κ2) is 6.41. The lowest BCUT2D eigenvalue weighted by Crippen LogP contribution is -2.32. The number of carbonyl (C=O) groups excluding carboxylic acids is 1. The summed E-state index contributed by atoms with van der Waals surface area (Å²) in [5.74, 6) is -0.631. The minimum Gasteiger partial charge on any atom is -0.351 e. The number of halogens is 1. The fraction of sp³-hybridized carbons (Fsp3) is 0.214. The van der Waals surface area contributed by atoms with Crippen molar-refractivity contribution in [2.75, 3.05) is 0 Å². The first-order chi connectivity index (χ1) is 9.97. The molecular formula is C14H14ClN3O3. The zero-order valence-corrected chi connectivity index (χ0v) is 12.0. The molecule has 0 radical (unpaired) electrons. The number of nitrogens with one attached hydrogen (secondary N) is 3. The predicted molar refractivity (Wildman–Crippen MR) is 79.4 cm³/mol. The Morgan fingerprint density at radius 1 is 1.38 bits per heavy atom. The molecule has 1 atom stereocenters. The van der Waals surface area contributed by atoms with Crippen molar-refractivity contribution in [2.24, 2.45) is 0 Å². The number of hydrogen-bond acceptors (Lipinski definition) is 3. The van der Waals surface area contributed by atoms with E-state index in [2.05, 4.69) is 15.3 Å². The summed E-state index contributed by atoms with van der Waals surface area (Å²) >= 11 is 5.89. The van der Waals surface area contributed by atoms with Gasteiger partial charge in [-0.2, -0.15) is 0 Å². The van der Waals surface area contributed by atoms with Crippen LogP contribution in [0.2, 0.25) is 5.02 Å². The molecule has 1 amide bonds. The molecule has 2 aromatic rings. The molecule has 0 aliphatic carbocycles. The topological polar surface area (TPSA) is 94.8 Å². The molecule has 0 saturated carbocycles. The molecule has 0 aliphatic heterocycles. The van der Waals surface area contributed by atoms with Crippen LogP contribution in [0.15, 0.2) is 40.1 Å². The Labute approximate surface area is 125 Å². The molecule has 0 spiro atoms. The van der Waals surface area contributed by atoms with E-state index in [9.17, 15) is 14.4 Å². The number of rotatable bonds is 4. The van der Waals surface area contributed by atoms with Crippen LogP contribution in [0, 0.1) is 0 Å². The van der Waals surface area contributed by atoms with E-state index in [1.54, 1.807) is 25.1 Å². The molecule has 1 aromatic heterocycles. The van der Waals surface area contributed by atoms with Crippen LogP contribution in [0.1, 0.15) is 24.0 Å². The van der Waals surface area contributed by atoms with E-state index < -0.39 is 17.2 Å². The zero-order valence-electron chi connectivity index (χ0n) is 11.3. The molecule has 0 saturated heterocycles. The van der Waals surface area contributed by atoms with E-state index in [0.717, 1.165) is 5.56 Å². The monoisotopic (exact) mass is 307 g/mol. The first-order valence-corrected chi connectivity index (χ1v) is 6.69. The summed E-state index contributed by atoms with van der Waals surface area (Å²) in [7, 11) is 0. The Hall–Kier alpha value is -2.34. The van der Waals surface area contributed by atoms with Crippen LogP contribution in [0.5, 0.6) is 0 Å². The summed E-state index contributed by atoms with van der Waals surface area (Å²) in [5, 5.41) is 3.21. The smallest absolute Gasteiger partial charge is 0.325 e. The Morgan fingerprint density at radius 3 is 2.81 bits per heavy atom. The van der Waals surface area contributed by atoms with Gasteiger partial charge >= 0.3 is 5.69 Å². The third-order valence-electron chi connectivity index (χ3n) is 3.09.